The van der Waals surface area contributed by atoms with Crippen LogP contribution in [0.5, 0.6) is 0 Å². The summed E-state index contributed by atoms with van der Waals surface area (Å²) in [6.45, 7) is 0. The van der Waals surface area contributed by atoms with Gasteiger partial charge in [-0.05, 0) is 17.9 Å². The fourth-order valence-corrected chi connectivity index (χ4v) is 0.870. The van der Waals surface area contributed by atoms with Gasteiger partial charge in [-0.2, -0.15) is 0 Å². The fraction of sp³-hybridized carbons (Fsp3) is 0. The Bertz CT molecular complexity index is 475. The van der Waals surface area contributed by atoms with Gasteiger partial charge in [0.15, 0.2) is 0 Å². The standard InChI is InChI=1S/C10H6N2O2/c1-2-3-4-8-7-9(12(13)14)5-6-10(8)11/h1,5-7H,11H2. The van der Waals surface area contributed by atoms with Gasteiger partial charge in [-0.3, -0.25) is 10.1 Å². The van der Waals surface area contributed by atoms with Crippen molar-refractivity contribution in [1.82, 2.24) is 0 Å². The number of non-ortho nitro benzene ring substituents is 1. The summed E-state index contributed by atoms with van der Waals surface area (Å²) in [6.07, 6.45) is 4.93. The van der Waals surface area contributed by atoms with Crippen LogP contribution in [0.15, 0.2) is 18.2 Å². The number of hydrogen-bond donors (Lipinski definition) is 1. The van der Waals surface area contributed by atoms with E-state index >= 15 is 0 Å². The summed E-state index contributed by atoms with van der Waals surface area (Å²) in [5.74, 6) is 6.99. The molecule has 0 unspecified atom stereocenters. The highest BCUT2D eigenvalue weighted by atomic mass is 16.6. The van der Waals surface area contributed by atoms with E-state index in [1.54, 1.807) is 0 Å². The van der Waals surface area contributed by atoms with Gasteiger partial charge in [0.25, 0.3) is 5.69 Å². The van der Waals surface area contributed by atoms with Crippen molar-refractivity contribution < 1.29 is 4.92 Å². The summed E-state index contributed by atoms with van der Waals surface area (Å²) in [7, 11) is 0. The summed E-state index contributed by atoms with van der Waals surface area (Å²) in [4.78, 5) is 9.90. The summed E-state index contributed by atoms with van der Waals surface area (Å²) in [5, 5.41) is 10.4. The van der Waals surface area contributed by atoms with E-state index in [0.29, 0.717) is 11.3 Å². The molecule has 0 saturated carbocycles. The third kappa shape index (κ3) is 2.02. The third-order valence-electron chi connectivity index (χ3n) is 1.52. The SMILES string of the molecule is C#CC#Cc1cc([N+](=O)[O-])ccc1N. The quantitative estimate of drug-likeness (QED) is 0.309. The van der Waals surface area contributed by atoms with Crippen LogP contribution in [0, 0.1) is 34.3 Å². The number of hydrogen-bond acceptors (Lipinski definition) is 3. The third-order valence-corrected chi connectivity index (χ3v) is 1.52. The largest absolute Gasteiger partial charge is 0.398 e. The molecule has 14 heavy (non-hydrogen) atoms. The van der Waals surface area contributed by atoms with E-state index in [0.717, 1.165) is 0 Å². The first-order chi connectivity index (χ1) is 6.65. The molecule has 0 aliphatic heterocycles. The lowest BCUT2D eigenvalue weighted by atomic mass is 10.1. The Morgan fingerprint density at radius 1 is 1.50 bits per heavy atom. The topological polar surface area (TPSA) is 69.2 Å². The number of anilines is 1. The predicted octanol–water partition coefficient (Wildman–Crippen LogP) is 1.16. The average molecular weight is 186 g/mol. The maximum absolute atomic E-state index is 10.4. The monoisotopic (exact) mass is 186 g/mol. The van der Waals surface area contributed by atoms with Crippen LogP contribution >= 0.6 is 0 Å². The molecule has 0 amide bonds. The molecule has 1 aromatic carbocycles. The molecular weight excluding hydrogens is 180 g/mol. The number of nitrogens with two attached hydrogens (primary N) is 1. The molecular formula is C10H6N2O2. The number of nitro groups is 1. The van der Waals surface area contributed by atoms with Gasteiger partial charge in [0.05, 0.1) is 10.5 Å². The second-order valence-corrected chi connectivity index (χ2v) is 2.42. The fourth-order valence-electron chi connectivity index (χ4n) is 0.870. The number of nitrogen functional groups attached to an aromatic ring is 1. The number of benzene rings is 1. The summed E-state index contributed by atoms with van der Waals surface area (Å²) in [6, 6.07) is 4.04. The Morgan fingerprint density at radius 2 is 2.21 bits per heavy atom. The predicted molar refractivity (Wildman–Crippen MR) is 53.2 cm³/mol. The molecule has 2 N–H and O–H groups in total. The normalized spacial score (nSPS) is 8.21. The summed E-state index contributed by atoms with van der Waals surface area (Å²) < 4.78 is 0. The van der Waals surface area contributed by atoms with Crippen LogP contribution in [0.1, 0.15) is 5.56 Å². The lowest BCUT2D eigenvalue weighted by molar-refractivity contribution is -0.384. The van der Waals surface area contributed by atoms with Gasteiger partial charge >= 0.3 is 0 Å². The van der Waals surface area contributed by atoms with Crippen molar-refractivity contribution in [2.75, 3.05) is 5.73 Å². The first-order valence-corrected chi connectivity index (χ1v) is 3.65. The molecule has 0 radical (unpaired) electrons. The van der Waals surface area contributed by atoms with E-state index in [9.17, 15) is 10.1 Å². The van der Waals surface area contributed by atoms with E-state index in [4.69, 9.17) is 12.2 Å². The van der Waals surface area contributed by atoms with Crippen LogP contribution in [-0.4, -0.2) is 4.92 Å². The van der Waals surface area contributed by atoms with Crippen molar-refractivity contribution >= 4 is 11.4 Å². The molecule has 1 rings (SSSR count). The van der Waals surface area contributed by atoms with Crippen LogP contribution in [0.4, 0.5) is 11.4 Å². The smallest absolute Gasteiger partial charge is 0.270 e. The molecule has 0 spiro atoms. The first-order valence-electron chi connectivity index (χ1n) is 3.65. The lowest BCUT2D eigenvalue weighted by Gasteiger charge is -1.96. The molecule has 0 bridgehead atoms. The number of nitrogens with zero attached hydrogens (tertiary/aromatic N) is 1. The summed E-state index contributed by atoms with van der Waals surface area (Å²) in [5.41, 5.74) is 6.23. The molecule has 0 fully saturated rings. The van der Waals surface area contributed by atoms with Gasteiger partial charge in [-0.25, -0.2) is 0 Å². The molecule has 0 aliphatic rings. The van der Waals surface area contributed by atoms with Gasteiger partial charge in [0.2, 0.25) is 0 Å². The first kappa shape index (κ1) is 9.63. The van der Waals surface area contributed by atoms with Crippen molar-refractivity contribution in [3.8, 4) is 24.2 Å². The molecule has 0 heterocycles. The molecule has 4 heteroatoms. The number of nitro benzene ring substituents is 1. The van der Waals surface area contributed by atoms with Gasteiger partial charge in [0, 0.05) is 17.8 Å². The molecule has 0 aliphatic carbocycles. The Morgan fingerprint density at radius 3 is 2.79 bits per heavy atom. The number of terminal acetylenes is 1. The van der Waals surface area contributed by atoms with Crippen molar-refractivity contribution in [2.45, 2.75) is 0 Å². The van der Waals surface area contributed by atoms with E-state index < -0.39 is 4.92 Å². The van der Waals surface area contributed by atoms with Crippen molar-refractivity contribution in [3.63, 3.8) is 0 Å². The van der Waals surface area contributed by atoms with Gasteiger partial charge in [-0.15, -0.1) is 6.42 Å². The minimum atomic E-state index is -0.513. The van der Waals surface area contributed by atoms with Gasteiger partial charge < -0.3 is 5.73 Å². The minimum Gasteiger partial charge on any atom is -0.398 e. The second kappa shape index (κ2) is 3.97. The second-order valence-electron chi connectivity index (χ2n) is 2.42. The average Bonchev–Trinajstić information content (AvgIpc) is 2.16. The van der Waals surface area contributed by atoms with Crippen LogP contribution in [0.2, 0.25) is 0 Å². The Balaban J connectivity index is 3.23. The van der Waals surface area contributed by atoms with Crippen LogP contribution in [-0.2, 0) is 0 Å². The Hall–Kier alpha value is -2.46. The van der Waals surface area contributed by atoms with Crippen molar-refractivity contribution in [3.05, 3.63) is 33.9 Å². The van der Waals surface area contributed by atoms with Gasteiger partial charge in [0.1, 0.15) is 0 Å². The zero-order chi connectivity index (χ0) is 10.6. The molecule has 0 aromatic heterocycles. The minimum absolute atomic E-state index is 0.0551. The van der Waals surface area contributed by atoms with E-state index in [1.165, 1.54) is 18.2 Å². The lowest BCUT2D eigenvalue weighted by Crippen LogP contribution is -1.93. The zero-order valence-electron chi connectivity index (χ0n) is 7.15. The van der Waals surface area contributed by atoms with E-state index in [2.05, 4.69) is 17.8 Å². The highest BCUT2D eigenvalue weighted by Gasteiger charge is 2.06. The maximum atomic E-state index is 10.4. The summed E-state index contributed by atoms with van der Waals surface area (Å²) >= 11 is 0. The maximum Gasteiger partial charge on any atom is 0.270 e. The Labute approximate surface area is 80.9 Å². The molecule has 68 valence electrons. The van der Waals surface area contributed by atoms with Crippen LogP contribution < -0.4 is 5.73 Å². The molecule has 0 atom stereocenters. The van der Waals surface area contributed by atoms with Gasteiger partial charge in [-0.1, -0.05) is 5.92 Å². The molecule has 4 nitrogen and oxygen atoms in total. The van der Waals surface area contributed by atoms with Crippen LogP contribution in [0.3, 0.4) is 0 Å². The van der Waals surface area contributed by atoms with Crippen molar-refractivity contribution in [2.24, 2.45) is 0 Å². The zero-order valence-corrected chi connectivity index (χ0v) is 7.15. The van der Waals surface area contributed by atoms with Crippen LogP contribution in [0.25, 0.3) is 0 Å². The highest BCUT2D eigenvalue weighted by Crippen LogP contribution is 2.18. The van der Waals surface area contributed by atoms with E-state index in [1.807, 2.05) is 0 Å². The number of rotatable bonds is 1. The Kier molecular flexibility index (Phi) is 2.73. The highest BCUT2D eigenvalue weighted by molar-refractivity contribution is 5.60. The molecule has 1 aromatic rings. The van der Waals surface area contributed by atoms with Crippen molar-refractivity contribution in [1.29, 1.82) is 0 Å². The van der Waals surface area contributed by atoms with E-state index in [-0.39, 0.29) is 5.69 Å². The molecule has 0 saturated heterocycles.